The minimum absolute atomic E-state index is 0.0976. The lowest BCUT2D eigenvalue weighted by molar-refractivity contribution is -0.167. The van der Waals surface area contributed by atoms with Crippen LogP contribution in [0, 0.1) is 0 Å². The van der Waals surface area contributed by atoms with E-state index in [2.05, 4.69) is 93.7 Å². The highest BCUT2D eigenvalue weighted by atomic mass is 16.6. The van der Waals surface area contributed by atoms with Crippen molar-refractivity contribution in [2.24, 2.45) is 0 Å². The van der Waals surface area contributed by atoms with E-state index in [-0.39, 0.29) is 37.5 Å². The van der Waals surface area contributed by atoms with Gasteiger partial charge < -0.3 is 14.2 Å². The first-order valence-electron chi connectivity index (χ1n) is 35.4. The van der Waals surface area contributed by atoms with Crippen LogP contribution in [0.4, 0.5) is 0 Å². The van der Waals surface area contributed by atoms with Gasteiger partial charge in [0.25, 0.3) is 0 Å². The number of esters is 3. The average Bonchev–Trinajstić information content (AvgIpc) is 3.47. The lowest BCUT2D eigenvalue weighted by Crippen LogP contribution is -2.30. The summed E-state index contributed by atoms with van der Waals surface area (Å²) in [5, 5.41) is 0. The Morgan fingerprint density at radius 3 is 0.802 bits per heavy atom. The number of allylic oxidation sites excluding steroid dienone is 12. The number of hydrogen-bond acceptors (Lipinski definition) is 6. The van der Waals surface area contributed by atoms with Gasteiger partial charge in [0.05, 0.1) is 0 Å². The summed E-state index contributed by atoms with van der Waals surface area (Å²) in [6.07, 6.45) is 91.0. The van der Waals surface area contributed by atoms with Gasteiger partial charge in [-0.2, -0.15) is 0 Å². The van der Waals surface area contributed by atoms with Crippen molar-refractivity contribution in [1.82, 2.24) is 0 Å². The molecule has 0 N–H and O–H groups in total. The van der Waals surface area contributed by atoms with Crippen molar-refractivity contribution < 1.29 is 28.6 Å². The quantitative estimate of drug-likeness (QED) is 0.0261. The second-order valence-corrected chi connectivity index (χ2v) is 23.8. The van der Waals surface area contributed by atoms with Crippen molar-refractivity contribution in [3.05, 3.63) is 72.9 Å². The zero-order valence-corrected chi connectivity index (χ0v) is 54.1. The van der Waals surface area contributed by atoms with Crippen LogP contribution >= 0.6 is 0 Å². The molecular formula is C75H134O6. The van der Waals surface area contributed by atoms with Crippen LogP contribution in [0.25, 0.3) is 0 Å². The van der Waals surface area contributed by atoms with E-state index < -0.39 is 6.10 Å². The van der Waals surface area contributed by atoms with Crippen molar-refractivity contribution in [3.63, 3.8) is 0 Å². The summed E-state index contributed by atoms with van der Waals surface area (Å²) in [6.45, 7) is 6.52. The van der Waals surface area contributed by atoms with Gasteiger partial charge >= 0.3 is 17.9 Å². The molecule has 0 spiro atoms. The second-order valence-electron chi connectivity index (χ2n) is 23.8. The summed E-state index contributed by atoms with van der Waals surface area (Å²) in [5.41, 5.74) is 0. The fourth-order valence-electron chi connectivity index (χ4n) is 10.4. The van der Waals surface area contributed by atoms with Gasteiger partial charge in [0.2, 0.25) is 0 Å². The van der Waals surface area contributed by atoms with E-state index in [0.29, 0.717) is 19.3 Å². The number of rotatable bonds is 65. The largest absolute Gasteiger partial charge is 0.462 e. The van der Waals surface area contributed by atoms with Crippen molar-refractivity contribution in [2.75, 3.05) is 13.2 Å². The zero-order chi connectivity index (χ0) is 58.5. The maximum absolute atomic E-state index is 12.9. The van der Waals surface area contributed by atoms with E-state index >= 15 is 0 Å². The molecule has 0 aromatic heterocycles. The van der Waals surface area contributed by atoms with Crippen molar-refractivity contribution in [3.8, 4) is 0 Å². The van der Waals surface area contributed by atoms with Crippen LogP contribution in [0.15, 0.2) is 72.9 Å². The standard InChI is InChI=1S/C75H134O6/c1-4-7-10-13-16-19-22-25-28-30-31-32-33-34-35-36-37-38-39-40-41-42-43-45-47-50-53-56-59-62-65-68-74(77)80-71-72(70-79-73(76)67-64-61-58-55-52-49-46-27-24-21-18-15-12-9-6-3)81-75(78)69-66-63-60-57-54-51-48-44-29-26-23-20-17-14-11-8-5-2/h8,11,17,20,26-27,29,46,48,51,57,60,72H,4-7,9-10,12-16,18-19,21-25,28,30-45,47,49-50,52-56,58-59,61-71H2,1-3H3/b11-8-,20-17-,29-26-,46-27-,51-48-,60-57-. The Morgan fingerprint density at radius 2 is 0.494 bits per heavy atom. The predicted molar refractivity (Wildman–Crippen MR) is 353 cm³/mol. The van der Waals surface area contributed by atoms with Crippen molar-refractivity contribution >= 4 is 17.9 Å². The van der Waals surface area contributed by atoms with Gasteiger partial charge in [-0.1, -0.05) is 338 Å². The molecule has 0 fully saturated rings. The molecule has 0 aliphatic rings. The molecule has 0 radical (unpaired) electrons. The molecule has 0 saturated carbocycles. The first-order valence-corrected chi connectivity index (χ1v) is 35.4. The van der Waals surface area contributed by atoms with E-state index in [1.54, 1.807) is 0 Å². The van der Waals surface area contributed by atoms with Gasteiger partial charge in [-0.25, -0.2) is 0 Å². The summed E-state index contributed by atoms with van der Waals surface area (Å²) in [6, 6.07) is 0. The summed E-state index contributed by atoms with van der Waals surface area (Å²) < 4.78 is 16.9. The van der Waals surface area contributed by atoms with Gasteiger partial charge in [-0.3, -0.25) is 14.4 Å². The van der Waals surface area contributed by atoms with E-state index in [0.717, 1.165) is 83.5 Å². The summed E-state index contributed by atoms with van der Waals surface area (Å²) in [5.74, 6) is -0.947. The first kappa shape index (κ1) is 77.9. The first-order chi connectivity index (χ1) is 40.0. The van der Waals surface area contributed by atoms with Gasteiger partial charge in [0.15, 0.2) is 6.10 Å². The minimum atomic E-state index is -0.809. The van der Waals surface area contributed by atoms with E-state index in [1.807, 2.05) is 0 Å². The van der Waals surface area contributed by atoms with Crippen LogP contribution < -0.4 is 0 Å². The average molecular weight is 1130 g/mol. The number of unbranched alkanes of at least 4 members (excludes halogenated alkanes) is 42. The lowest BCUT2D eigenvalue weighted by atomic mass is 10.0. The third kappa shape index (κ3) is 67.5. The monoisotopic (exact) mass is 1130 g/mol. The Morgan fingerprint density at radius 1 is 0.259 bits per heavy atom. The molecule has 0 rings (SSSR count). The number of ether oxygens (including phenoxy) is 3. The minimum Gasteiger partial charge on any atom is -0.462 e. The van der Waals surface area contributed by atoms with Crippen LogP contribution in [-0.2, 0) is 28.6 Å². The normalized spacial score (nSPS) is 12.5. The zero-order valence-electron chi connectivity index (χ0n) is 54.1. The van der Waals surface area contributed by atoms with Crippen LogP contribution in [0.5, 0.6) is 0 Å². The molecule has 0 aromatic rings. The van der Waals surface area contributed by atoms with Crippen LogP contribution in [0.2, 0.25) is 0 Å². The second kappa shape index (κ2) is 69.3. The highest BCUT2D eigenvalue weighted by Gasteiger charge is 2.19. The topological polar surface area (TPSA) is 78.9 Å². The van der Waals surface area contributed by atoms with Gasteiger partial charge in [-0.15, -0.1) is 0 Å². The lowest BCUT2D eigenvalue weighted by Gasteiger charge is -2.18. The molecule has 470 valence electrons. The SMILES string of the molecule is CC/C=C\C/C=C\C/C=C\C/C=C\C/C=C\CCCC(=O)OC(COC(=O)CCCCCCC/C=C\CCCCCCCC)COC(=O)CCCCCCCCCCCCCCCCCCCCCCCCCCCCCCCCC. The van der Waals surface area contributed by atoms with E-state index in [1.165, 1.54) is 238 Å². The number of hydrogen-bond donors (Lipinski definition) is 0. The molecule has 0 bridgehead atoms. The Kier molecular flexibility index (Phi) is 66.6. The van der Waals surface area contributed by atoms with Crippen LogP contribution in [0.1, 0.15) is 367 Å². The third-order valence-electron chi connectivity index (χ3n) is 15.7. The van der Waals surface area contributed by atoms with Gasteiger partial charge in [0.1, 0.15) is 13.2 Å². The smallest absolute Gasteiger partial charge is 0.306 e. The van der Waals surface area contributed by atoms with Crippen molar-refractivity contribution in [2.45, 2.75) is 374 Å². The molecule has 81 heavy (non-hydrogen) atoms. The maximum Gasteiger partial charge on any atom is 0.306 e. The van der Waals surface area contributed by atoms with E-state index in [9.17, 15) is 14.4 Å². The Hall–Kier alpha value is -3.15. The van der Waals surface area contributed by atoms with Gasteiger partial charge in [0, 0.05) is 19.3 Å². The molecule has 0 saturated heterocycles. The highest BCUT2D eigenvalue weighted by molar-refractivity contribution is 5.71. The molecule has 0 amide bonds. The molecule has 1 unspecified atom stereocenters. The summed E-state index contributed by atoms with van der Waals surface area (Å²) >= 11 is 0. The van der Waals surface area contributed by atoms with Crippen LogP contribution in [0.3, 0.4) is 0 Å². The summed E-state index contributed by atoms with van der Waals surface area (Å²) in [7, 11) is 0. The van der Waals surface area contributed by atoms with Gasteiger partial charge in [-0.05, 0) is 83.5 Å². The molecule has 0 heterocycles. The number of carbonyl (C=O) groups is 3. The molecular weight excluding hydrogens is 997 g/mol. The highest BCUT2D eigenvalue weighted by Crippen LogP contribution is 2.18. The fourth-order valence-corrected chi connectivity index (χ4v) is 10.4. The predicted octanol–water partition coefficient (Wildman–Crippen LogP) is 24.4. The fraction of sp³-hybridized carbons (Fsp3) is 0.800. The molecule has 6 nitrogen and oxygen atoms in total. The van der Waals surface area contributed by atoms with Crippen molar-refractivity contribution in [1.29, 1.82) is 0 Å². The molecule has 0 aliphatic heterocycles. The molecule has 1 atom stereocenters. The Labute approximate surface area is 503 Å². The Balaban J connectivity index is 4.22. The molecule has 0 aromatic carbocycles. The van der Waals surface area contributed by atoms with Crippen LogP contribution in [-0.4, -0.2) is 37.2 Å². The molecule has 0 aliphatic carbocycles. The number of carbonyl (C=O) groups excluding carboxylic acids is 3. The Bertz CT molecular complexity index is 1490. The summed E-state index contributed by atoms with van der Waals surface area (Å²) in [4.78, 5) is 38.4. The van der Waals surface area contributed by atoms with E-state index in [4.69, 9.17) is 14.2 Å². The molecule has 6 heteroatoms. The third-order valence-corrected chi connectivity index (χ3v) is 15.7. The maximum atomic E-state index is 12.9.